The van der Waals surface area contributed by atoms with E-state index in [0.29, 0.717) is 22.6 Å². The summed E-state index contributed by atoms with van der Waals surface area (Å²) in [6.45, 7) is 1.77. The lowest BCUT2D eigenvalue weighted by Crippen LogP contribution is -2.05. The second-order valence-electron chi connectivity index (χ2n) is 4.60. The number of fused-ring (bicyclic) bond motifs is 1. The fourth-order valence-corrected chi connectivity index (χ4v) is 2.25. The van der Waals surface area contributed by atoms with E-state index in [9.17, 15) is 4.39 Å². The summed E-state index contributed by atoms with van der Waals surface area (Å²) in [5.74, 6) is -0.457. The van der Waals surface area contributed by atoms with Gasteiger partial charge in [-0.3, -0.25) is 4.98 Å². The van der Waals surface area contributed by atoms with Crippen molar-refractivity contribution >= 4 is 23.0 Å². The minimum atomic E-state index is -0.511. The Labute approximate surface area is 124 Å². The highest BCUT2D eigenvalue weighted by Gasteiger charge is 2.19. The molecular weight excluding hydrogens is 287 g/mol. The predicted molar refractivity (Wildman–Crippen MR) is 80.2 cm³/mol. The number of pyridine rings is 1. The van der Waals surface area contributed by atoms with E-state index >= 15 is 0 Å². The Hall–Kier alpha value is -3.10. The predicted octanol–water partition coefficient (Wildman–Crippen LogP) is 2.12. The number of aromatic nitrogens is 4. The molecule has 0 atom stereocenters. The lowest BCUT2D eigenvalue weighted by atomic mass is 10.1. The molecule has 0 aromatic carbocycles. The van der Waals surface area contributed by atoms with Crippen molar-refractivity contribution in [2.24, 2.45) is 10.2 Å². The molecule has 0 amide bonds. The molecule has 0 unspecified atom stereocenters. The molecule has 0 aliphatic heterocycles. The van der Waals surface area contributed by atoms with Gasteiger partial charge in [0.05, 0.1) is 23.1 Å². The topological polar surface area (TPSA) is 120 Å². The van der Waals surface area contributed by atoms with Gasteiger partial charge in [0, 0.05) is 7.05 Å². The van der Waals surface area contributed by atoms with E-state index in [0.717, 1.165) is 0 Å². The highest BCUT2D eigenvalue weighted by atomic mass is 19.1. The number of nitrogens with two attached hydrogens (primary N) is 2. The monoisotopic (exact) mass is 300 g/mol. The van der Waals surface area contributed by atoms with E-state index in [-0.39, 0.29) is 17.3 Å². The van der Waals surface area contributed by atoms with Crippen LogP contribution in [0.5, 0.6) is 0 Å². The summed E-state index contributed by atoms with van der Waals surface area (Å²) >= 11 is 0. The summed E-state index contributed by atoms with van der Waals surface area (Å²) in [7, 11) is 1.57. The zero-order chi connectivity index (χ0) is 15.9. The third-order valence-corrected chi connectivity index (χ3v) is 3.15. The van der Waals surface area contributed by atoms with Crippen LogP contribution < -0.4 is 11.5 Å². The van der Waals surface area contributed by atoms with Gasteiger partial charge < -0.3 is 11.5 Å². The van der Waals surface area contributed by atoms with Gasteiger partial charge in [0.1, 0.15) is 11.2 Å². The zero-order valence-corrected chi connectivity index (χ0v) is 11.9. The van der Waals surface area contributed by atoms with Crippen LogP contribution >= 0.6 is 0 Å². The van der Waals surface area contributed by atoms with Crippen molar-refractivity contribution in [2.75, 3.05) is 18.5 Å². The second kappa shape index (κ2) is 5.02. The van der Waals surface area contributed by atoms with Crippen LogP contribution in [-0.2, 0) is 0 Å². The van der Waals surface area contributed by atoms with Gasteiger partial charge >= 0.3 is 0 Å². The molecule has 0 bridgehead atoms. The van der Waals surface area contributed by atoms with Crippen LogP contribution in [0.4, 0.5) is 21.8 Å². The number of aryl methyl sites for hydroxylation is 1. The first-order valence-electron chi connectivity index (χ1n) is 6.39. The second-order valence-corrected chi connectivity index (χ2v) is 4.60. The number of anilines is 2. The molecule has 8 nitrogen and oxygen atoms in total. The Kier molecular flexibility index (Phi) is 3.17. The van der Waals surface area contributed by atoms with Crippen LogP contribution in [0, 0.1) is 12.7 Å². The largest absolute Gasteiger partial charge is 0.382 e. The Balaban J connectivity index is 2.26. The smallest absolute Gasteiger partial charge is 0.240 e. The van der Waals surface area contributed by atoms with Gasteiger partial charge in [0.2, 0.25) is 5.95 Å². The number of nitrogen functional groups attached to an aromatic ring is 2. The summed E-state index contributed by atoms with van der Waals surface area (Å²) in [6, 6.07) is 3.35. The first-order valence-corrected chi connectivity index (χ1v) is 6.39. The molecule has 3 heterocycles. The van der Waals surface area contributed by atoms with Gasteiger partial charge in [-0.05, 0) is 19.1 Å². The SMILES string of the molecule is CN=Nc1ccc(-c2c(F)cn3nc(N)nc(N)c23)nc1C. The normalized spacial score (nSPS) is 11.6. The summed E-state index contributed by atoms with van der Waals surface area (Å²) in [4.78, 5) is 8.23. The molecule has 112 valence electrons. The highest BCUT2D eigenvalue weighted by Crippen LogP contribution is 2.32. The number of hydrogen-bond donors (Lipinski definition) is 2. The van der Waals surface area contributed by atoms with Gasteiger partial charge in [0.15, 0.2) is 11.6 Å². The van der Waals surface area contributed by atoms with Crippen molar-refractivity contribution in [1.82, 2.24) is 19.6 Å². The standard InChI is InChI=1S/C13H13FN8/c1-6-8(20-17-2)3-4-9(18-6)10-7(14)5-22-11(10)12(15)19-13(16)21-22/h3-5H,1-2H3,(H4,15,16,19,21). The molecule has 0 radical (unpaired) electrons. The van der Waals surface area contributed by atoms with Gasteiger partial charge in [-0.15, -0.1) is 5.10 Å². The highest BCUT2D eigenvalue weighted by molar-refractivity contribution is 5.87. The van der Waals surface area contributed by atoms with E-state index in [4.69, 9.17) is 11.5 Å². The molecule has 9 heteroatoms. The molecule has 3 rings (SSSR count). The minimum Gasteiger partial charge on any atom is -0.382 e. The van der Waals surface area contributed by atoms with Crippen LogP contribution in [-0.4, -0.2) is 26.6 Å². The molecule has 22 heavy (non-hydrogen) atoms. The van der Waals surface area contributed by atoms with Crippen LogP contribution in [0.3, 0.4) is 0 Å². The number of azo groups is 1. The van der Waals surface area contributed by atoms with E-state index < -0.39 is 5.82 Å². The molecule has 0 fully saturated rings. The van der Waals surface area contributed by atoms with Crippen molar-refractivity contribution in [3.05, 3.63) is 29.8 Å². The van der Waals surface area contributed by atoms with Crippen LogP contribution in [0.15, 0.2) is 28.6 Å². The summed E-state index contributed by atoms with van der Waals surface area (Å²) in [6.07, 6.45) is 1.19. The maximum absolute atomic E-state index is 14.3. The fourth-order valence-electron chi connectivity index (χ4n) is 2.25. The molecule has 4 N–H and O–H groups in total. The fraction of sp³-hybridized carbons (Fsp3) is 0.154. The van der Waals surface area contributed by atoms with Crippen molar-refractivity contribution in [3.63, 3.8) is 0 Å². The van der Waals surface area contributed by atoms with Crippen molar-refractivity contribution in [3.8, 4) is 11.3 Å². The minimum absolute atomic E-state index is 0.0330. The van der Waals surface area contributed by atoms with Gasteiger partial charge in [0.25, 0.3) is 0 Å². The van der Waals surface area contributed by atoms with Gasteiger partial charge in [-0.25, -0.2) is 8.91 Å². The molecular formula is C13H13FN8. The van der Waals surface area contributed by atoms with Crippen LogP contribution in [0.25, 0.3) is 16.8 Å². The van der Waals surface area contributed by atoms with Crippen molar-refractivity contribution in [2.45, 2.75) is 6.92 Å². The van der Waals surface area contributed by atoms with Gasteiger partial charge in [-0.1, -0.05) is 0 Å². The van der Waals surface area contributed by atoms with Gasteiger partial charge in [-0.2, -0.15) is 15.2 Å². The zero-order valence-electron chi connectivity index (χ0n) is 11.9. The maximum atomic E-state index is 14.3. The first kappa shape index (κ1) is 13.9. The van der Waals surface area contributed by atoms with E-state index in [1.807, 2.05) is 0 Å². The van der Waals surface area contributed by atoms with E-state index in [2.05, 4.69) is 25.3 Å². The summed E-state index contributed by atoms with van der Waals surface area (Å²) < 4.78 is 15.6. The molecule has 0 aliphatic carbocycles. The number of halogens is 1. The molecule has 0 saturated carbocycles. The molecule has 0 aliphatic rings. The van der Waals surface area contributed by atoms with Crippen LogP contribution in [0.2, 0.25) is 0 Å². The van der Waals surface area contributed by atoms with E-state index in [1.165, 1.54) is 10.7 Å². The lowest BCUT2D eigenvalue weighted by molar-refractivity contribution is 0.628. The number of hydrogen-bond acceptors (Lipinski definition) is 7. The third kappa shape index (κ3) is 2.12. The average Bonchev–Trinajstić information content (AvgIpc) is 2.77. The summed E-state index contributed by atoms with van der Waals surface area (Å²) in [5.41, 5.74) is 13.6. The number of rotatable bonds is 2. The van der Waals surface area contributed by atoms with Crippen LogP contribution in [0.1, 0.15) is 5.69 Å². The Morgan fingerprint density at radius 2 is 2.00 bits per heavy atom. The molecule has 3 aromatic heterocycles. The Bertz CT molecular complexity index is 899. The van der Waals surface area contributed by atoms with Crippen molar-refractivity contribution in [1.29, 1.82) is 0 Å². The quantitative estimate of drug-likeness (QED) is 0.702. The average molecular weight is 300 g/mol. The summed E-state index contributed by atoms with van der Waals surface area (Å²) in [5, 5.41) is 11.6. The first-order chi connectivity index (χ1) is 10.5. The Morgan fingerprint density at radius 1 is 1.23 bits per heavy atom. The van der Waals surface area contributed by atoms with Crippen molar-refractivity contribution < 1.29 is 4.39 Å². The number of nitrogens with zero attached hydrogens (tertiary/aromatic N) is 6. The molecule has 0 saturated heterocycles. The molecule has 3 aromatic rings. The molecule has 0 spiro atoms. The lowest BCUT2D eigenvalue weighted by Gasteiger charge is -2.05. The third-order valence-electron chi connectivity index (χ3n) is 3.15. The van der Waals surface area contributed by atoms with E-state index in [1.54, 1.807) is 26.1 Å². The Morgan fingerprint density at radius 3 is 2.68 bits per heavy atom. The maximum Gasteiger partial charge on any atom is 0.240 e.